The quantitative estimate of drug-likeness (QED) is 0.381. The van der Waals surface area contributed by atoms with Gasteiger partial charge >= 0.3 is 0 Å². The fourth-order valence-corrected chi connectivity index (χ4v) is 3.09. The van der Waals surface area contributed by atoms with Gasteiger partial charge in [0.05, 0.1) is 10.7 Å². The summed E-state index contributed by atoms with van der Waals surface area (Å²) in [5.41, 5.74) is 7.76. The number of thiazole rings is 1. The fourth-order valence-electron chi connectivity index (χ4n) is 2.15. The van der Waals surface area contributed by atoms with Gasteiger partial charge in [-0.1, -0.05) is 28.9 Å². The van der Waals surface area contributed by atoms with Crippen molar-refractivity contribution in [2.45, 2.75) is 13.0 Å². The summed E-state index contributed by atoms with van der Waals surface area (Å²) in [6, 6.07) is 10.9. The zero-order valence-electron chi connectivity index (χ0n) is 13.5. The highest BCUT2D eigenvalue weighted by Gasteiger charge is 2.07. The minimum atomic E-state index is -0.994. The lowest BCUT2D eigenvalue weighted by molar-refractivity contribution is 0.128. The fraction of sp³-hybridized carbons (Fsp3) is 0.111. The van der Waals surface area contributed by atoms with Gasteiger partial charge in [-0.2, -0.15) is 0 Å². The lowest BCUT2D eigenvalue weighted by Gasteiger charge is -2.02. The third kappa shape index (κ3) is 4.77. The minimum absolute atomic E-state index is 0.0412. The Balaban J connectivity index is 1.57. The number of nitrogens with zero attached hydrogens (tertiary/aromatic N) is 2. The van der Waals surface area contributed by atoms with Crippen LogP contribution in [0.2, 0.25) is 5.02 Å². The molecule has 0 fully saturated rings. The van der Waals surface area contributed by atoms with Gasteiger partial charge in [-0.05, 0) is 35.9 Å². The molecule has 134 valence electrons. The van der Waals surface area contributed by atoms with Crippen molar-refractivity contribution in [2.75, 3.05) is 0 Å². The summed E-state index contributed by atoms with van der Waals surface area (Å²) in [6.45, 7) is 0.126. The van der Waals surface area contributed by atoms with Gasteiger partial charge in [0.2, 0.25) is 0 Å². The van der Waals surface area contributed by atoms with E-state index >= 15 is 0 Å². The van der Waals surface area contributed by atoms with E-state index in [-0.39, 0.29) is 18.0 Å². The second-order valence-corrected chi connectivity index (χ2v) is 6.79. The van der Waals surface area contributed by atoms with Gasteiger partial charge in [-0.25, -0.2) is 13.8 Å². The zero-order chi connectivity index (χ0) is 18.5. The maximum atomic E-state index is 13.2. The molecule has 8 heteroatoms. The first kappa shape index (κ1) is 18.3. The van der Waals surface area contributed by atoms with Gasteiger partial charge in [-0.3, -0.25) is 0 Å². The van der Waals surface area contributed by atoms with Gasteiger partial charge in [0, 0.05) is 22.4 Å². The van der Waals surface area contributed by atoms with Gasteiger partial charge in [-0.15, -0.1) is 11.3 Å². The lowest BCUT2D eigenvalue weighted by atomic mass is 10.2. The number of benzene rings is 2. The molecule has 0 aliphatic rings. The Morgan fingerprint density at radius 3 is 2.65 bits per heavy atom. The Labute approximate surface area is 157 Å². The molecule has 0 atom stereocenters. The van der Waals surface area contributed by atoms with E-state index < -0.39 is 11.6 Å². The number of oxime groups is 1. The van der Waals surface area contributed by atoms with Crippen molar-refractivity contribution in [1.82, 2.24) is 4.98 Å². The van der Waals surface area contributed by atoms with Crippen molar-refractivity contribution in [3.63, 3.8) is 0 Å². The number of amidine groups is 1. The Hall–Kier alpha value is -2.51. The third-order valence-electron chi connectivity index (χ3n) is 3.46. The number of rotatable bonds is 6. The smallest absolute Gasteiger partial charge is 0.170 e. The zero-order valence-corrected chi connectivity index (χ0v) is 15.0. The summed E-state index contributed by atoms with van der Waals surface area (Å²) in [6.07, 6.45) is 0.697. The van der Waals surface area contributed by atoms with Crippen LogP contribution in [-0.4, -0.2) is 10.8 Å². The van der Waals surface area contributed by atoms with Gasteiger partial charge < -0.3 is 10.6 Å². The van der Waals surface area contributed by atoms with Crippen molar-refractivity contribution in [3.8, 4) is 0 Å². The van der Waals surface area contributed by atoms with Gasteiger partial charge in [0.1, 0.15) is 0 Å². The first-order valence-electron chi connectivity index (χ1n) is 7.60. The number of aromatic nitrogens is 1. The van der Waals surface area contributed by atoms with Crippen LogP contribution in [0, 0.1) is 11.6 Å². The van der Waals surface area contributed by atoms with Crippen LogP contribution in [0.25, 0.3) is 0 Å². The molecule has 3 aromatic rings. The average Bonchev–Trinajstić information content (AvgIpc) is 3.06. The molecule has 3 rings (SSSR count). The molecule has 0 saturated carbocycles. The van der Waals surface area contributed by atoms with Gasteiger partial charge in [0.25, 0.3) is 0 Å². The van der Waals surface area contributed by atoms with Crippen LogP contribution in [0.5, 0.6) is 0 Å². The van der Waals surface area contributed by atoms with Crippen LogP contribution >= 0.6 is 22.9 Å². The van der Waals surface area contributed by atoms with Gasteiger partial charge in [0.15, 0.2) is 24.1 Å². The highest BCUT2D eigenvalue weighted by molar-refractivity contribution is 7.09. The van der Waals surface area contributed by atoms with E-state index in [0.29, 0.717) is 17.1 Å². The molecule has 0 saturated heterocycles. The van der Waals surface area contributed by atoms with E-state index in [9.17, 15) is 8.78 Å². The number of halogens is 3. The van der Waals surface area contributed by atoms with E-state index in [1.54, 1.807) is 0 Å². The second-order valence-electron chi connectivity index (χ2n) is 5.41. The van der Waals surface area contributed by atoms with Crippen molar-refractivity contribution < 1.29 is 13.6 Å². The topological polar surface area (TPSA) is 60.5 Å². The van der Waals surface area contributed by atoms with Crippen molar-refractivity contribution in [3.05, 3.63) is 86.3 Å². The lowest BCUT2D eigenvalue weighted by Crippen LogP contribution is -2.14. The number of nitrogens with two attached hydrogens (primary N) is 1. The molecule has 0 aliphatic heterocycles. The molecule has 0 radical (unpaired) electrons. The van der Waals surface area contributed by atoms with E-state index in [4.69, 9.17) is 22.2 Å². The Bertz CT molecular complexity index is 928. The summed E-state index contributed by atoms with van der Waals surface area (Å²) >= 11 is 7.38. The molecule has 4 nitrogen and oxygen atoms in total. The van der Waals surface area contributed by atoms with E-state index in [1.807, 2.05) is 29.6 Å². The molecule has 0 unspecified atom stereocenters. The molecule has 0 aliphatic carbocycles. The monoisotopic (exact) mass is 393 g/mol. The van der Waals surface area contributed by atoms with Crippen LogP contribution in [0.1, 0.15) is 21.8 Å². The maximum absolute atomic E-state index is 13.2. The molecular weight excluding hydrogens is 380 g/mol. The summed E-state index contributed by atoms with van der Waals surface area (Å²) in [7, 11) is 0. The molecule has 0 spiro atoms. The Morgan fingerprint density at radius 2 is 1.92 bits per heavy atom. The highest BCUT2D eigenvalue weighted by Crippen LogP contribution is 2.17. The largest absolute Gasteiger partial charge is 0.388 e. The van der Waals surface area contributed by atoms with Crippen LogP contribution in [0.4, 0.5) is 8.78 Å². The molecule has 1 aromatic heterocycles. The SMILES string of the molecule is N/C(=N/OCc1csc(Cc2ccc(Cl)cc2)n1)c1ccc(F)c(F)c1. The van der Waals surface area contributed by atoms with Crippen LogP contribution in [0.3, 0.4) is 0 Å². The van der Waals surface area contributed by atoms with Crippen LogP contribution in [-0.2, 0) is 17.9 Å². The van der Waals surface area contributed by atoms with E-state index in [1.165, 1.54) is 17.4 Å². The van der Waals surface area contributed by atoms with Crippen molar-refractivity contribution in [1.29, 1.82) is 0 Å². The standard InChI is InChI=1S/C18H14ClF2N3OS/c19-13-4-1-11(2-5-13)7-17-23-14(10-26-17)9-25-24-18(22)12-3-6-15(20)16(21)8-12/h1-6,8,10H,7,9H2,(H2,22,24). The Morgan fingerprint density at radius 1 is 1.15 bits per heavy atom. The third-order valence-corrected chi connectivity index (χ3v) is 4.61. The predicted molar refractivity (Wildman–Crippen MR) is 98.2 cm³/mol. The summed E-state index contributed by atoms with van der Waals surface area (Å²) < 4.78 is 26.1. The molecule has 0 bridgehead atoms. The second kappa shape index (κ2) is 8.25. The number of hydrogen-bond acceptors (Lipinski definition) is 4. The molecule has 0 amide bonds. The average molecular weight is 394 g/mol. The van der Waals surface area contributed by atoms with Crippen LogP contribution in [0.15, 0.2) is 53.0 Å². The maximum Gasteiger partial charge on any atom is 0.170 e. The molecule has 2 N–H and O–H groups in total. The molecule has 1 heterocycles. The summed E-state index contributed by atoms with van der Waals surface area (Å²) in [4.78, 5) is 9.62. The summed E-state index contributed by atoms with van der Waals surface area (Å²) in [5.74, 6) is -1.98. The van der Waals surface area contributed by atoms with Crippen molar-refractivity contribution >= 4 is 28.8 Å². The van der Waals surface area contributed by atoms with Crippen molar-refractivity contribution in [2.24, 2.45) is 10.9 Å². The Kier molecular flexibility index (Phi) is 5.80. The van der Waals surface area contributed by atoms with Crippen LogP contribution < -0.4 is 5.73 Å². The first-order chi connectivity index (χ1) is 12.5. The molecule has 2 aromatic carbocycles. The highest BCUT2D eigenvalue weighted by atomic mass is 35.5. The molecular formula is C18H14ClF2N3OS. The number of hydrogen-bond donors (Lipinski definition) is 1. The predicted octanol–water partition coefficient (Wildman–Crippen LogP) is 4.50. The minimum Gasteiger partial charge on any atom is -0.388 e. The molecule has 26 heavy (non-hydrogen) atoms. The summed E-state index contributed by atoms with van der Waals surface area (Å²) in [5, 5.41) is 7.22. The normalized spacial score (nSPS) is 11.6. The van der Waals surface area contributed by atoms with E-state index in [2.05, 4.69) is 10.1 Å². The van der Waals surface area contributed by atoms with E-state index in [0.717, 1.165) is 22.7 Å². The first-order valence-corrected chi connectivity index (χ1v) is 8.85.